The molecule has 158 valence electrons. The summed E-state index contributed by atoms with van der Waals surface area (Å²) in [6, 6.07) is 8.17. The molecule has 0 saturated carbocycles. The Morgan fingerprint density at radius 1 is 1.13 bits per heavy atom. The van der Waals surface area contributed by atoms with E-state index in [1.54, 1.807) is 17.7 Å². The summed E-state index contributed by atoms with van der Waals surface area (Å²) in [5.74, 6) is 1.94. The van der Waals surface area contributed by atoms with Crippen LogP contribution in [-0.2, 0) is 4.79 Å². The minimum Gasteiger partial charge on any atom is -0.491 e. The third-order valence-corrected chi connectivity index (χ3v) is 6.18. The Hall–Kier alpha value is -2.71. The maximum Gasteiger partial charge on any atom is 0.234 e. The monoisotopic (exact) mass is 425 g/mol. The fourth-order valence-corrected chi connectivity index (χ4v) is 4.50. The van der Waals surface area contributed by atoms with E-state index in [0.717, 1.165) is 59.1 Å². The van der Waals surface area contributed by atoms with Crippen LogP contribution in [0.15, 0.2) is 36.0 Å². The van der Waals surface area contributed by atoms with E-state index in [0.29, 0.717) is 19.7 Å². The first-order valence-corrected chi connectivity index (χ1v) is 11.1. The third-order valence-electron chi connectivity index (χ3n) is 5.36. The van der Waals surface area contributed by atoms with Crippen molar-refractivity contribution >= 4 is 33.3 Å². The maximum absolute atomic E-state index is 12.3. The van der Waals surface area contributed by atoms with E-state index in [1.807, 2.05) is 37.4 Å². The molecule has 1 fully saturated rings. The minimum absolute atomic E-state index is 0.0378. The standard InChI is InChI=1S/C22H27N5O2S/c1-16-4-3-5-17(2)20(16)29-12-7-23-19(28)14-26-8-10-27(11-9-26)21-18-6-13-30-22(18)25-15-24-21/h3-6,13,15H,7-12,14H2,1-2H3,(H,23,28). The highest BCUT2D eigenvalue weighted by Gasteiger charge is 2.21. The summed E-state index contributed by atoms with van der Waals surface area (Å²) in [4.78, 5) is 26.6. The van der Waals surface area contributed by atoms with Gasteiger partial charge in [0.2, 0.25) is 5.91 Å². The fourth-order valence-electron chi connectivity index (χ4n) is 3.78. The quantitative estimate of drug-likeness (QED) is 0.587. The lowest BCUT2D eigenvalue weighted by Crippen LogP contribution is -2.50. The summed E-state index contributed by atoms with van der Waals surface area (Å²) in [6.07, 6.45) is 1.63. The molecule has 1 aromatic carbocycles. The van der Waals surface area contributed by atoms with Gasteiger partial charge in [-0.2, -0.15) is 0 Å². The Balaban J connectivity index is 1.20. The molecule has 7 nitrogen and oxygen atoms in total. The maximum atomic E-state index is 12.3. The zero-order chi connectivity index (χ0) is 20.9. The molecule has 0 spiro atoms. The molecule has 0 aliphatic carbocycles. The molecule has 3 heterocycles. The number of aromatic nitrogens is 2. The van der Waals surface area contributed by atoms with Gasteiger partial charge in [0.15, 0.2) is 0 Å². The van der Waals surface area contributed by atoms with Crippen molar-refractivity contribution in [2.24, 2.45) is 0 Å². The van der Waals surface area contributed by atoms with E-state index in [-0.39, 0.29) is 5.91 Å². The molecule has 0 bridgehead atoms. The topological polar surface area (TPSA) is 70.6 Å². The number of rotatable bonds is 7. The number of aryl methyl sites for hydroxylation is 2. The second-order valence-electron chi connectivity index (χ2n) is 7.52. The van der Waals surface area contributed by atoms with Gasteiger partial charge in [0, 0.05) is 26.2 Å². The highest BCUT2D eigenvalue weighted by Crippen LogP contribution is 2.27. The van der Waals surface area contributed by atoms with Crippen LogP contribution in [0.2, 0.25) is 0 Å². The zero-order valence-electron chi connectivity index (χ0n) is 17.4. The molecule has 1 aliphatic rings. The Morgan fingerprint density at radius 3 is 2.67 bits per heavy atom. The number of nitrogens with zero attached hydrogens (tertiary/aromatic N) is 4. The average molecular weight is 426 g/mol. The summed E-state index contributed by atoms with van der Waals surface area (Å²) in [7, 11) is 0. The van der Waals surface area contributed by atoms with Gasteiger partial charge >= 0.3 is 0 Å². The Bertz CT molecular complexity index is 993. The molecule has 2 aromatic heterocycles. The van der Waals surface area contributed by atoms with E-state index in [2.05, 4.69) is 31.2 Å². The normalized spacial score (nSPS) is 14.8. The van der Waals surface area contributed by atoms with Crippen molar-refractivity contribution in [1.29, 1.82) is 0 Å². The molecular weight excluding hydrogens is 398 g/mol. The van der Waals surface area contributed by atoms with E-state index in [1.165, 1.54) is 0 Å². The predicted octanol–water partition coefficient (Wildman–Crippen LogP) is 2.63. The largest absolute Gasteiger partial charge is 0.491 e. The highest BCUT2D eigenvalue weighted by atomic mass is 32.1. The van der Waals surface area contributed by atoms with E-state index in [9.17, 15) is 4.79 Å². The number of hydrogen-bond acceptors (Lipinski definition) is 7. The van der Waals surface area contributed by atoms with E-state index in [4.69, 9.17) is 4.74 Å². The molecule has 8 heteroatoms. The van der Waals surface area contributed by atoms with Crippen molar-refractivity contribution in [1.82, 2.24) is 20.2 Å². The second kappa shape index (κ2) is 9.40. The van der Waals surface area contributed by atoms with E-state index >= 15 is 0 Å². The summed E-state index contributed by atoms with van der Waals surface area (Å²) >= 11 is 1.63. The molecule has 4 rings (SSSR count). The SMILES string of the molecule is Cc1cccc(C)c1OCCNC(=O)CN1CCN(c2ncnc3sccc23)CC1. The number of nitrogens with one attached hydrogen (secondary N) is 1. The average Bonchev–Trinajstić information content (AvgIpc) is 3.22. The number of amides is 1. The van der Waals surface area contributed by atoms with Gasteiger partial charge in [-0.25, -0.2) is 9.97 Å². The highest BCUT2D eigenvalue weighted by molar-refractivity contribution is 7.16. The second-order valence-corrected chi connectivity index (χ2v) is 8.41. The van der Waals surface area contributed by atoms with Gasteiger partial charge in [0.25, 0.3) is 0 Å². The van der Waals surface area contributed by atoms with Gasteiger partial charge in [-0.3, -0.25) is 9.69 Å². The molecular formula is C22H27N5O2S. The Kier molecular flexibility index (Phi) is 6.44. The lowest BCUT2D eigenvalue weighted by atomic mass is 10.1. The first kappa shape index (κ1) is 20.6. The Labute approximate surface area is 180 Å². The number of carbonyl (C=O) groups is 1. The number of ether oxygens (including phenoxy) is 1. The molecule has 1 N–H and O–H groups in total. The van der Waals surface area contributed by atoms with Crippen LogP contribution >= 0.6 is 11.3 Å². The summed E-state index contributed by atoms with van der Waals surface area (Å²) in [5.41, 5.74) is 2.23. The van der Waals surface area contributed by atoms with Crippen LogP contribution in [0.1, 0.15) is 11.1 Å². The van der Waals surface area contributed by atoms with Crippen molar-refractivity contribution < 1.29 is 9.53 Å². The number of fused-ring (bicyclic) bond motifs is 1. The number of para-hydroxylation sites is 1. The number of hydrogen-bond donors (Lipinski definition) is 1. The van der Waals surface area contributed by atoms with Crippen LogP contribution in [0.5, 0.6) is 5.75 Å². The number of benzene rings is 1. The molecule has 1 aliphatic heterocycles. The number of anilines is 1. The first-order valence-electron chi connectivity index (χ1n) is 10.2. The van der Waals surface area contributed by atoms with Crippen LogP contribution < -0.4 is 15.0 Å². The molecule has 0 unspecified atom stereocenters. The summed E-state index contributed by atoms with van der Waals surface area (Å²) in [5, 5.41) is 6.12. The molecule has 3 aromatic rings. The molecule has 0 atom stereocenters. The molecule has 1 amide bonds. The van der Waals surface area contributed by atoms with Gasteiger partial charge in [-0.05, 0) is 36.4 Å². The number of carbonyl (C=O) groups excluding carboxylic acids is 1. The zero-order valence-corrected chi connectivity index (χ0v) is 18.2. The Morgan fingerprint density at radius 2 is 1.90 bits per heavy atom. The van der Waals surface area contributed by atoms with Crippen LogP contribution in [0.4, 0.5) is 5.82 Å². The van der Waals surface area contributed by atoms with Crippen molar-refractivity contribution in [3.63, 3.8) is 0 Å². The van der Waals surface area contributed by atoms with Gasteiger partial charge in [0.05, 0.1) is 18.5 Å². The smallest absolute Gasteiger partial charge is 0.234 e. The van der Waals surface area contributed by atoms with Gasteiger partial charge in [-0.1, -0.05) is 18.2 Å². The van der Waals surface area contributed by atoms with Crippen LogP contribution in [0.3, 0.4) is 0 Å². The lowest BCUT2D eigenvalue weighted by Gasteiger charge is -2.35. The lowest BCUT2D eigenvalue weighted by molar-refractivity contribution is -0.122. The summed E-state index contributed by atoms with van der Waals surface area (Å²) in [6.45, 7) is 8.82. The van der Waals surface area contributed by atoms with E-state index < -0.39 is 0 Å². The summed E-state index contributed by atoms with van der Waals surface area (Å²) < 4.78 is 5.85. The molecule has 1 saturated heterocycles. The van der Waals surface area contributed by atoms with Crippen molar-refractivity contribution in [3.8, 4) is 5.75 Å². The van der Waals surface area contributed by atoms with Crippen molar-refractivity contribution in [3.05, 3.63) is 47.1 Å². The van der Waals surface area contributed by atoms with Gasteiger partial charge < -0.3 is 15.0 Å². The van der Waals surface area contributed by atoms with Crippen molar-refractivity contribution in [2.45, 2.75) is 13.8 Å². The molecule has 0 radical (unpaired) electrons. The predicted molar refractivity (Wildman–Crippen MR) is 120 cm³/mol. The van der Waals surface area contributed by atoms with Crippen LogP contribution in [-0.4, -0.2) is 66.7 Å². The number of piperazine rings is 1. The first-order chi connectivity index (χ1) is 14.6. The molecule has 30 heavy (non-hydrogen) atoms. The van der Waals surface area contributed by atoms with Gasteiger partial charge in [-0.15, -0.1) is 11.3 Å². The van der Waals surface area contributed by atoms with Crippen LogP contribution in [0.25, 0.3) is 10.2 Å². The number of thiophene rings is 1. The third kappa shape index (κ3) is 4.71. The van der Waals surface area contributed by atoms with Crippen LogP contribution in [0, 0.1) is 13.8 Å². The van der Waals surface area contributed by atoms with Crippen molar-refractivity contribution in [2.75, 3.05) is 50.8 Å². The van der Waals surface area contributed by atoms with Gasteiger partial charge in [0.1, 0.15) is 29.3 Å². The minimum atomic E-state index is 0.0378. The fraction of sp³-hybridized carbons (Fsp3) is 0.409.